The summed E-state index contributed by atoms with van der Waals surface area (Å²) in [5, 5.41) is 8.34. The number of rotatable bonds is 6. The lowest BCUT2D eigenvalue weighted by atomic mass is 10.1. The van der Waals surface area contributed by atoms with Crippen LogP contribution in [0.5, 0.6) is 0 Å². The summed E-state index contributed by atoms with van der Waals surface area (Å²) in [6.45, 7) is 3.82. The maximum atomic E-state index is 13.1. The molecule has 0 saturated heterocycles. The Morgan fingerprint density at radius 3 is 2.41 bits per heavy atom. The third kappa shape index (κ3) is 4.56. The van der Waals surface area contributed by atoms with Gasteiger partial charge in [0.05, 0.1) is 4.88 Å². The van der Waals surface area contributed by atoms with E-state index in [1.54, 1.807) is 36.4 Å². The van der Waals surface area contributed by atoms with Gasteiger partial charge in [-0.05, 0) is 43.0 Å². The summed E-state index contributed by atoms with van der Waals surface area (Å²) in [7, 11) is 0. The van der Waals surface area contributed by atoms with E-state index < -0.39 is 6.17 Å². The van der Waals surface area contributed by atoms with Crippen molar-refractivity contribution >= 4 is 40.3 Å². The van der Waals surface area contributed by atoms with Crippen molar-refractivity contribution in [3.63, 3.8) is 0 Å². The maximum Gasteiger partial charge on any atom is 0.263 e. The Balaban J connectivity index is 1.90. The number of anilines is 1. The summed E-state index contributed by atoms with van der Waals surface area (Å²) >= 11 is 7.51. The molecule has 27 heavy (non-hydrogen) atoms. The molecule has 1 heterocycles. The SMILES string of the molecule is Cc1ccc(C(=O)C(NC(=O)c2cccs2)Nc2cccc(Cl)c2C)cc1. The fourth-order valence-electron chi connectivity index (χ4n) is 2.58. The molecular weight excluding hydrogens is 380 g/mol. The molecule has 0 aliphatic heterocycles. The predicted molar refractivity (Wildman–Crippen MR) is 111 cm³/mol. The fourth-order valence-corrected chi connectivity index (χ4v) is 3.38. The first-order valence-corrected chi connectivity index (χ1v) is 9.68. The molecule has 3 rings (SSSR count). The molecule has 0 aliphatic rings. The fraction of sp³-hybridized carbons (Fsp3) is 0.143. The molecule has 1 aromatic heterocycles. The third-order valence-electron chi connectivity index (χ3n) is 4.19. The van der Waals surface area contributed by atoms with Gasteiger partial charge in [0.2, 0.25) is 5.78 Å². The van der Waals surface area contributed by atoms with Crippen molar-refractivity contribution in [2.24, 2.45) is 0 Å². The van der Waals surface area contributed by atoms with Gasteiger partial charge in [-0.2, -0.15) is 0 Å². The number of amides is 1. The number of halogens is 1. The molecule has 0 bridgehead atoms. The maximum absolute atomic E-state index is 13.1. The molecule has 0 aliphatic carbocycles. The number of benzene rings is 2. The van der Waals surface area contributed by atoms with Crippen LogP contribution in [-0.4, -0.2) is 17.9 Å². The minimum atomic E-state index is -0.917. The van der Waals surface area contributed by atoms with Gasteiger partial charge in [-0.1, -0.05) is 53.6 Å². The normalized spacial score (nSPS) is 11.7. The highest BCUT2D eigenvalue weighted by Gasteiger charge is 2.24. The van der Waals surface area contributed by atoms with Crippen LogP contribution in [0.25, 0.3) is 0 Å². The third-order valence-corrected chi connectivity index (χ3v) is 5.46. The van der Waals surface area contributed by atoms with Crippen LogP contribution in [0.15, 0.2) is 60.0 Å². The van der Waals surface area contributed by atoms with E-state index in [2.05, 4.69) is 10.6 Å². The number of Topliss-reactive ketones (excluding diaryl/α,β-unsaturated/α-hetero) is 1. The van der Waals surface area contributed by atoms with E-state index in [0.717, 1.165) is 11.1 Å². The number of thiophene rings is 1. The van der Waals surface area contributed by atoms with Gasteiger partial charge in [0.15, 0.2) is 6.17 Å². The zero-order valence-electron chi connectivity index (χ0n) is 15.0. The monoisotopic (exact) mass is 398 g/mol. The molecule has 0 spiro atoms. The van der Waals surface area contributed by atoms with E-state index >= 15 is 0 Å². The van der Waals surface area contributed by atoms with Crippen LogP contribution >= 0.6 is 22.9 Å². The molecule has 1 amide bonds. The Morgan fingerprint density at radius 2 is 1.74 bits per heavy atom. The van der Waals surface area contributed by atoms with Crippen molar-refractivity contribution < 1.29 is 9.59 Å². The van der Waals surface area contributed by atoms with Gasteiger partial charge < -0.3 is 10.6 Å². The smallest absolute Gasteiger partial charge is 0.263 e. The van der Waals surface area contributed by atoms with E-state index in [1.807, 2.05) is 37.4 Å². The molecule has 0 saturated carbocycles. The van der Waals surface area contributed by atoms with Crippen LogP contribution in [0.1, 0.15) is 31.2 Å². The number of ketones is 1. The molecule has 2 aromatic carbocycles. The van der Waals surface area contributed by atoms with E-state index in [1.165, 1.54) is 11.3 Å². The lowest BCUT2D eigenvalue weighted by Crippen LogP contribution is -2.46. The second-order valence-electron chi connectivity index (χ2n) is 6.17. The Labute approximate surface area is 167 Å². The molecule has 3 aromatic rings. The first-order valence-electron chi connectivity index (χ1n) is 8.42. The molecule has 1 unspecified atom stereocenters. The summed E-state index contributed by atoms with van der Waals surface area (Å²) in [6.07, 6.45) is -0.917. The van der Waals surface area contributed by atoms with Crippen LogP contribution in [0.4, 0.5) is 5.69 Å². The van der Waals surface area contributed by atoms with Gasteiger partial charge in [-0.15, -0.1) is 11.3 Å². The lowest BCUT2D eigenvalue weighted by molar-refractivity contribution is 0.0872. The van der Waals surface area contributed by atoms with Gasteiger partial charge in [0, 0.05) is 16.3 Å². The predicted octanol–water partition coefficient (Wildman–Crippen LogP) is 5.07. The second kappa shape index (κ2) is 8.37. The Bertz CT molecular complexity index is 953. The Morgan fingerprint density at radius 1 is 1.00 bits per heavy atom. The summed E-state index contributed by atoms with van der Waals surface area (Å²) in [5.41, 5.74) is 3.08. The van der Waals surface area contributed by atoms with Crippen molar-refractivity contribution in [2.45, 2.75) is 20.0 Å². The topological polar surface area (TPSA) is 58.2 Å². The average Bonchev–Trinajstić information content (AvgIpc) is 3.20. The molecule has 1 atom stereocenters. The van der Waals surface area contributed by atoms with Crippen molar-refractivity contribution in [1.82, 2.24) is 5.32 Å². The molecule has 2 N–H and O–H groups in total. The lowest BCUT2D eigenvalue weighted by Gasteiger charge is -2.21. The van der Waals surface area contributed by atoms with Crippen molar-refractivity contribution in [2.75, 3.05) is 5.32 Å². The second-order valence-corrected chi connectivity index (χ2v) is 7.53. The first-order chi connectivity index (χ1) is 13.0. The Hall–Kier alpha value is -2.63. The standard InChI is InChI=1S/C21H19ClN2O2S/c1-13-8-10-15(11-9-13)19(25)20(24-21(26)18-7-4-12-27-18)23-17-6-3-5-16(22)14(17)2/h3-12,20,23H,1-2H3,(H,24,26). The number of carbonyl (C=O) groups excluding carboxylic acids is 2. The van der Waals surface area contributed by atoms with Gasteiger partial charge in [0.25, 0.3) is 5.91 Å². The summed E-state index contributed by atoms with van der Waals surface area (Å²) in [4.78, 5) is 26.1. The van der Waals surface area contributed by atoms with Crippen LogP contribution in [-0.2, 0) is 0 Å². The van der Waals surface area contributed by atoms with E-state index in [4.69, 9.17) is 11.6 Å². The van der Waals surface area contributed by atoms with Gasteiger partial charge in [0.1, 0.15) is 0 Å². The molecule has 0 fully saturated rings. The van der Waals surface area contributed by atoms with Crippen molar-refractivity contribution in [1.29, 1.82) is 0 Å². The van der Waals surface area contributed by atoms with Crippen LogP contribution < -0.4 is 10.6 Å². The van der Waals surface area contributed by atoms with Crippen molar-refractivity contribution in [3.05, 3.63) is 86.6 Å². The van der Waals surface area contributed by atoms with Gasteiger partial charge in [-0.25, -0.2) is 0 Å². The largest absolute Gasteiger partial charge is 0.359 e. The highest BCUT2D eigenvalue weighted by atomic mass is 35.5. The molecule has 4 nitrogen and oxygen atoms in total. The zero-order valence-corrected chi connectivity index (χ0v) is 16.5. The zero-order chi connectivity index (χ0) is 19.4. The highest BCUT2D eigenvalue weighted by Crippen LogP contribution is 2.24. The minimum Gasteiger partial charge on any atom is -0.359 e. The molecular formula is C21H19ClN2O2S. The molecule has 138 valence electrons. The number of nitrogens with one attached hydrogen (secondary N) is 2. The summed E-state index contributed by atoms with van der Waals surface area (Å²) in [6, 6.07) is 16.2. The summed E-state index contributed by atoms with van der Waals surface area (Å²) < 4.78 is 0. The number of hydrogen-bond donors (Lipinski definition) is 2. The quantitative estimate of drug-likeness (QED) is 0.450. The highest BCUT2D eigenvalue weighted by molar-refractivity contribution is 7.12. The van der Waals surface area contributed by atoms with Gasteiger partial charge in [-0.3, -0.25) is 9.59 Å². The van der Waals surface area contributed by atoms with Crippen molar-refractivity contribution in [3.8, 4) is 0 Å². The average molecular weight is 399 g/mol. The molecule has 0 radical (unpaired) electrons. The van der Waals surface area contributed by atoms with Crippen LogP contribution in [0.3, 0.4) is 0 Å². The Kier molecular flexibility index (Phi) is 5.94. The first kappa shape index (κ1) is 19.1. The van der Waals surface area contributed by atoms with E-state index in [0.29, 0.717) is 21.2 Å². The van der Waals surface area contributed by atoms with E-state index in [9.17, 15) is 9.59 Å². The van der Waals surface area contributed by atoms with Crippen LogP contribution in [0.2, 0.25) is 5.02 Å². The number of carbonyl (C=O) groups is 2. The minimum absolute atomic E-state index is 0.223. The van der Waals surface area contributed by atoms with Crippen LogP contribution in [0, 0.1) is 13.8 Å². The number of aryl methyl sites for hydroxylation is 1. The van der Waals surface area contributed by atoms with E-state index in [-0.39, 0.29) is 11.7 Å². The summed E-state index contributed by atoms with van der Waals surface area (Å²) in [5.74, 6) is -0.526. The molecule has 6 heteroatoms. The number of hydrogen-bond acceptors (Lipinski definition) is 4. The van der Waals surface area contributed by atoms with Gasteiger partial charge >= 0.3 is 0 Å².